The van der Waals surface area contributed by atoms with Crippen molar-refractivity contribution in [1.29, 1.82) is 0 Å². The Morgan fingerprint density at radius 3 is 2.57 bits per heavy atom. The Morgan fingerprint density at radius 2 is 1.89 bits per heavy atom. The second kappa shape index (κ2) is 8.69. The number of hydrogen-bond acceptors (Lipinski definition) is 5. The molecule has 2 aromatic rings. The Kier molecular flexibility index (Phi) is 6.08. The lowest BCUT2D eigenvalue weighted by molar-refractivity contribution is 0.0600. The molecular formula is C20H24N4O4. The highest BCUT2D eigenvalue weighted by atomic mass is 16.5. The fourth-order valence-corrected chi connectivity index (χ4v) is 3.21. The second-order valence-corrected chi connectivity index (χ2v) is 6.62. The highest BCUT2D eigenvalue weighted by molar-refractivity contribution is 6.05. The summed E-state index contributed by atoms with van der Waals surface area (Å²) < 4.78 is 6.52. The fraction of sp³-hybridized carbons (Fsp3) is 0.400. The van der Waals surface area contributed by atoms with Gasteiger partial charge in [-0.05, 0) is 49.9 Å². The number of esters is 1. The largest absolute Gasteiger partial charge is 0.465 e. The molecule has 0 spiro atoms. The van der Waals surface area contributed by atoms with E-state index in [9.17, 15) is 14.4 Å². The summed E-state index contributed by atoms with van der Waals surface area (Å²) in [6.45, 7) is 3.22. The molecule has 0 aliphatic carbocycles. The van der Waals surface area contributed by atoms with Crippen molar-refractivity contribution in [2.45, 2.75) is 39.2 Å². The number of nitrogens with one attached hydrogen (secondary N) is 2. The van der Waals surface area contributed by atoms with E-state index in [4.69, 9.17) is 0 Å². The van der Waals surface area contributed by atoms with Crippen LogP contribution in [-0.4, -0.2) is 41.0 Å². The van der Waals surface area contributed by atoms with Gasteiger partial charge in [0, 0.05) is 18.8 Å². The van der Waals surface area contributed by atoms with Crippen LogP contribution in [0.15, 0.2) is 24.3 Å². The molecule has 8 heteroatoms. The number of amides is 2. The molecule has 0 bridgehead atoms. The molecule has 0 radical (unpaired) electrons. The van der Waals surface area contributed by atoms with Crippen molar-refractivity contribution in [3.8, 4) is 0 Å². The first-order chi connectivity index (χ1) is 13.5. The molecule has 2 heterocycles. The molecule has 0 fully saturated rings. The zero-order valence-electron chi connectivity index (χ0n) is 16.1. The van der Waals surface area contributed by atoms with E-state index < -0.39 is 5.97 Å². The van der Waals surface area contributed by atoms with Gasteiger partial charge in [0.1, 0.15) is 0 Å². The number of fused-ring (bicyclic) bond motifs is 1. The van der Waals surface area contributed by atoms with Gasteiger partial charge in [0.2, 0.25) is 0 Å². The number of imidazole rings is 1. The van der Waals surface area contributed by atoms with Gasteiger partial charge < -0.3 is 19.9 Å². The number of benzene rings is 1. The lowest BCUT2D eigenvalue weighted by Crippen LogP contribution is -2.28. The van der Waals surface area contributed by atoms with Gasteiger partial charge in [0.05, 0.1) is 18.4 Å². The first-order valence-corrected chi connectivity index (χ1v) is 9.42. The zero-order valence-corrected chi connectivity index (χ0v) is 16.1. The maximum absolute atomic E-state index is 12.8. The first kappa shape index (κ1) is 19.6. The fourth-order valence-electron chi connectivity index (χ4n) is 3.21. The van der Waals surface area contributed by atoms with Crippen LogP contribution in [0.4, 0.5) is 5.69 Å². The van der Waals surface area contributed by atoms with Gasteiger partial charge in [0.15, 0.2) is 11.5 Å². The summed E-state index contributed by atoms with van der Waals surface area (Å²) in [5.74, 6) is -0.782. The Morgan fingerprint density at radius 1 is 1.14 bits per heavy atom. The first-order valence-electron chi connectivity index (χ1n) is 9.42. The number of ether oxygens (including phenoxy) is 1. The van der Waals surface area contributed by atoms with Crippen LogP contribution >= 0.6 is 0 Å². The number of nitrogens with zero attached hydrogens (tertiary/aromatic N) is 2. The summed E-state index contributed by atoms with van der Waals surface area (Å²) in [5, 5.41) is 5.61. The third-order valence-corrected chi connectivity index (χ3v) is 4.64. The summed E-state index contributed by atoms with van der Waals surface area (Å²) in [7, 11) is 1.31. The van der Waals surface area contributed by atoms with Crippen molar-refractivity contribution in [2.24, 2.45) is 0 Å². The van der Waals surface area contributed by atoms with Crippen molar-refractivity contribution in [2.75, 3.05) is 19.0 Å². The Bertz CT molecular complexity index is 886. The number of anilines is 1. The van der Waals surface area contributed by atoms with E-state index in [-0.39, 0.29) is 23.3 Å². The number of carbonyl (C=O) groups excluding carboxylic acids is 3. The van der Waals surface area contributed by atoms with Gasteiger partial charge in [-0.3, -0.25) is 9.59 Å². The quantitative estimate of drug-likeness (QED) is 0.745. The van der Waals surface area contributed by atoms with Crippen molar-refractivity contribution in [1.82, 2.24) is 14.9 Å². The molecule has 2 amide bonds. The summed E-state index contributed by atoms with van der Waals surface area (Å²) >= 11 is 0. The van der Waals surface area contributed by atoms with Crippen LogP contribution < -0.4 is 10.6 Å². The number of methoxy groups -OCH3 is 1. The van der Waals surface area contributed by atoms with E-state index in [2.05, 4.69) is 20.4 Å². The highest BCUT2D eigenvalue weighted by Gasteiger charge is 2.27. The molecule has 0 saturated heterocycles. The van der Waals surface area contributed by atoms with Gasteiger partial charge in [-0.15, -0.1) is 0 Å². The molecule has 1 aromatic heterocycles. The molecule has 148 valence electrons. The molecule has 2 N–H and O–H groups in total. The highest BCUT2D eigenvalue weighted by Crippen LogP contribution is 2.22. The van der Waals surface area contributed by atoms with Crippen molar-refractivity contribution < 1.29 is 19.1 Å². The predicted octanol–water partition coefficient (Wildman–Crippen LogP) is 2.40. The summed E-state index contributed by atoms with van der Waals surface area (Å²) in [6, 6.07) is 6.41. The average molecular weight is 384 g/mol. The lowest BCUT2D eigenvalue weighted by atomic mass is 10.1. The molecule has 1 aliphatic heterocycles. The van der Waals surface area contributed by atoms with E-state index in [1.807, 2.05) is 11.5 Å². The van der Waals surface area contributed by atoms with Crippen LogP contribution in [0.1, 0.15) is 63.3 Å². The minimum absolute atomic E-state index is 0.258. The maximum atomic E-state index is 12.8. The van der Waals surface area contributed by atoms with Crippen LogP contribution in [0.5, 0.6) is 0 Å². The van der Waals surface area contributed by atoms with Gasteiger partial charge >= 0.3 is 5.97 Å². The summed E-state index contributed by atoms with van der Waals surface area (Å²) in [6.07, 6.45) is 3.44. The minimum Gasteiger partial charge on any atom is -0.465 e. The smallest absolute Gasteiger partial charge is 0.337 e. The molecule has 0 atom stereocenters. The van der Waals surface area contributed by atoms with Crippen LogP contribution in [-0.2, 0) is 17.7 Å². The maximum Gasteiger partial charge on any atom is 0.337 e. The summed E-state index contributed by atoms with van der Waals surface area (Å²) in [5.41, 5.74) is 2.00. The molecule has 8 nitrogen and oxygen atoms in total. The molecule has 0 saturated carbocycles. The van der Waals surface area contributed by atoms with E-state index >= 15 is 0 Å². The Labute approximate surface area is 163 Å². The van der Waals surface area contributed by atoms with Crippen molar-refractivity contribution in [3.05, 3.63) is 47.0 Å². The normalized spacial score (nSPS) is 12.8. The van der Waals surface area contributed by atoms with Gasteiger partial charge in [0.25, 0.3) is 11.8 Å². The van der Waals surface area contributed by atoms with Gasteiger partial charge in [-0.1, -0.05) is 6.92 Å². The average Bonchev–Trinajstić information content (AvgIpc) is 3.12. The van der Waals surface area contributed by atoms with Crippen LogP contribution in [0, 0.1) is 0 Å². The molecule has 0 unspecified atom stereocenters. The standard InChI is InChI=1S/C20H24N4O4/c1-3-11-21-19(26)17-23-16(15-6-4-5-12-24(15)17)18(25)22-14-9-7-13(8-10-14)20(27)28-2/h7-10H,3-6,11-12H2,1-2H3,(H,21,26)(H,22,25). The zero-order chi connectivity index (χ0) is 20.1. The van der Waals surface area contributed by atoms with Crippen molar-refractivity contribution >= 4 is 23.5 Å². The number of hydrogen-bond donors (Lipinski definition) is 2. The number of carbonyl (C=O) groups is 3. The van der Waals surface area contributed by atoms with Crippen LogP contribution in [0.25, 0.3) is 0 Å². The lowest BCUT2D eigenvalue weighted by Gasteiger charge is -2.17. The van der Waals surface area contributed by atoms with Crippen molar-refractivity contribution in [3.63, 3.8) is 0 Å². The number of rotatable bonds is 6. The minimum atomic E-state index is -0.441. The van der Waals surface area contributed by atoms with E-state index in [0.29, 0.717) is 30.8 Å². The molecule has 1 aromatic carbocycles. The molecule has 28 heavy (non-hydrogen) atoms. The monoisotopic (exact) mass is 384 g/mol. The van der Waals surface area contributed by atoms with Gasteiger partial charge in [-0.25, -0.2) is 9.78 Å². The van der Waals surface area contributed by atoms with Crippen LogP contribution in [0.3, 0.4) is 0 Å². The third kappa shape index (κ3) is 4.05. The molecule has 3 rings (SSSR count). The van der Waals surface area contributed by atoms with E-state index in [0.717, 1.165) is 25.0 Å². The van der Waals surface area contributed by atoms with E-state index in [1.54, 1.807) is 24.3 Å². The Hall–Kier alpha value is -3.16. The predicted molar refractivity (Wildman–Crippen MR) is 104 cm³/mol. The van der Waals surface area contributed by atoms with E-state index in [1.165, 1.54) is 7.11 Å². The molecular weight excluding hydrogens is 360 g/mol. The molecule has 1 aliphatic rings. The topological polar surface area (TPSA) is 102 Å². The van der Waals surface area contributed by atoms with Crippen LogP contribution in [0.2, 0.25) is 0 Å². The van der Waals surface area contributed by atoms with Gasteiger partial charge in [-0.2, -0.15) is 0 Å². The number of aromatic nitrogens is 2. The second-order valence-electron chi connectivity index (χ2n) is 6.62. The SMILES string of the molecule is CCCNC(=O)c1nc(C(=O)Nc2ccc(C(=O)OC)cc2)c2n1CCCC2. The third-order valence-electron chi connectivity index (χ3n) is 4.64. The Balaban J connectivity index is 1.82. The summed E-state index contributed by atoms with van der Waals surface area (Å²) in [4.78, 5) is 41.1.